The number of aromatic nitrogens is 3. The van der Waals surface area contributed by atoms with E-state index < -0.39 is 0 Å². The van der Waals surface area contributed by atoms with Crippen LogP contribution in [0.4, 0.5) is 0 Å². The molecule has 2 aromatic heterocycles. The number of benzene rings is 1. The number of amides is 1. The van der Waals surface area contributed by atoms with Gasteiger partial charge in [0.1, 0.15) is 5.82 Å². The summed E-state index contributed by atoms with van der Waals surface area (Å²) in [5.74, 6) is 0.625. The Labute approximate surface area is 188 Å². The molecule has 1 N–H and O–H groups in total. The number of hydrogen-bond acceptors (Lipinski definition) is 5. The van der Waals surface area contributed by atoms with Crippen LogP contribution < -0.4 is 5.56 Å². The van der Waals surface area contributed by atoms with E-state index in [2.05, 4.69) is 44.1 Å². The van der Waals surface area contributed by atoms with Gasteiger partial charge >= 0.3 is 0 Å². The number of hydrogen-bond donors (Lipinski definition) is 1. The minimum absolute atomic E-state index is 0.101. The molecule has 1 fully saturated rings. The molecule has 0 saturated carbocycles. The molecule has 3 heterocycles. The number of aromatic amines is 1. The molecule has 0 radical (unpaired) electrons. The molecule has 166 valence electrons. The van der Waals surface area contributed by atoms with Crippen molar-refractivity contribution in [1.82, 2.24) is 24.8 Å². The number of nitrogens with one attached hydrogen (secondary N) is 1. The fourth-order valence-electron chi connectivity index (χ4n) is 4.16. The predicted octanol–water partition coefficient (Wildman–Crippen LogP) is 2.81. The van der Waals surface area contributed by atoms with E-state index in [9.17, 15) is 9.59 Å². The van der Waals surface area contributed by atoms with Crippen molar-refractivity contribution in [3.05, 3.63) is 82.0 Å². The van der Waals surface area contributed by atoms with Crippen molar-refractivity contribution in [3.63, 3.8) is 0 Å². The van der Waals surface area contributed by atoms with Crippen LogP contribution in [0.3, 0.4) is 0 Å². The quantitative estimate of drug-likeness (QED) is 0.649. The van der Waals surface area contributed by atoms with Crippen molar-refractivity contribution in [2.75, 3.05) is 26.2 Å². The summed E-state index contributed by atoms with van der Waals surface area (Å²) in [7, 11) is 0. The van der Waals surface area contributed by atoms with Gasteiger partial charge in [-0.15, -0.1) is 0 Å². The van der Waals surface area contributed by atoms with E-state index in [1.807, 2.05) is 17.9 Å². The SMILES string of the molecule is Cc1nc(-c2ccncc2)[nH]c(=O)c1CCC(=O)N1CCCN(Cc2ccccc2)CC1. The minimum Gasteiger partial charge on any atom is -0.341 e. The number of carbonyl (C=O) groups is 1. The maximum absolute atomic E-state index is 12.9. The van der Waals surface area contributed by atoms with E-state index in [1.54, 1.807) is 24.5 Å². The van der Waals surface area contributed by atoms with Gasteiger partial charge in [-0.2, -0.15) is 0 Å². The molecule has 0 bridgehead atoms. The molecule has 0 spiro atoms. The maximum Gasteiger partial charge on any atom is 0.254 e. The maximum atomic E-state index is 12.9. The van der Waals surface area contributed by atoms with Gasteiger partial charge in [0.05, 0.1) is 0 Å². The fourth-order valence-corrected chi connectivity index (χ4v) is 4.16. The van der Waals surface area contributed by atoms with Crippen molar-refractivity contribution < 1.29 is 4.79 Å². The van der Waals surface area contributed by atoms with Crippen LogP contribution in [0, 0.1) is 6.92 Å². The number of nitrogens with zero attached hydrogens (tertiary/aromatic N) is 4. The number of pyridine rings is 1. The third kappa shape index (κ3) is 5.48. The van der Waals surface area contributed by atoms with Crippen molar-refractivity contribution in [3.8, 4) is 11.4 Å². The Morgan fingerprint density at radius 3 is 2.56 bits per heavy atom. The van der Waals surface area contributed by atoms with Gasteiger partial charge in [0.15, 0.2) is 0 Å². The monoisotopic (exact) mass is 431 g/mol. The molecule has 0 unspecified atom stereocenters. The van der Waals surface area contributed by atoms with Crippen LogP contribution >= 0.6 is 0 Å². The molecule has 0 atom stereocenters. The lowest BCUT2D eigenvalue weighted by atomic mass is 10.1. The van der Waals surface area contributed by atoms with Gasteiger partial charge in [0.25, 0.3) is 5.56 Å². The van der Waals surface area contributed by atoms with Crippen LogP contribution in [0.2, 0.25) is 0 Å². The minimum atomic E-state index is -0.179. The van der Waals surface area contributed by atoms with E-state index in [0.29, 0.717) is 29.9 Å². The average Bonchev–Trinajstić information content (AvgIpc) is 3.05. The summed E-state index contributed by atoms with van der Waals surface area (Å²) >= 11 is 0. The zero-order valence-corrected chi connectivity index (χ0v) is 18.5. The van der Waals surface area contributed by atoms with E-state index >= 15 is 0 Å². The second kappa shape index (κ2) is 10.3. The fraction of sp³-hybridized carbons (Fsp3) is 0.360. The highest BCUT2D eigenvalue weighted by Gasteiger charge is 2.20. The second-order valence-electron chi connectivity index (χ2n) is 8.21. The zero-order chi connectivity index (χ0) is 22.3. The first kappa shape index (κ1) is 21.9. The molecule has 32 heavy (non-hydrogen) atoms. The summed E-state index contributed by atoms with van der Waals surface area (Å²) in [4.78, 5) is 41.2. The van der Waals surface area contributed by atoms with Gasteiger partial charge in [0.2, 0.25) is 5.91 Å². The zero-order valence-electron chi connectivity index (χ0n) is 18.5. The number of aryl methyl sites for hydroxylation is 1. The van der Waals surface area contributed by atoms with Crippen LogP contribution in [0.1, 0.15) is 29.7 Å². The normalized spacial score (nSPS) is 14.8. The Hall–Kier alpha value is -3.32. The Balaban J connectivity index is 1.34. The molecular weight excluding hydrogens is 402 g/mol. The summed E-state index contributed by atoms with van der Waals surface area (Å²) in [5.41, 5.74) is 3.18. The molecule has 7 heteroatoms. The van der Waals surface area contributed by atoms with E-state index in [1.165, 1.54) is 5.56 Å². The highest BCUT2D eigenvalue weighted by Crippen LogP contribution is 2.15. The van der Waals surface area contributed by atoms with Crippen LogP contribution in [0.5, 0.6) is 0 Å². The first-order valence-electron chi connectivity index (χ1n) is 11.1. The molecule has 0 aliphatic carbocycles. The lowest BCUT2D eigenvalue weighted by Crippen LogP contribution is -2.35. The van der Waals surface area contributed by atoms with Crippen molar-refractivity contribution in [1.29, 1.82) is 0 Å². The third-order valence-electron chi connectivity index (χ3n) is 5.96. The Kier molecular flexibility index (Phi) is 7.07. The largest absolute Gasteiger partial charge is 0.341 e. The smallest absolute Gasteiger partial charge is 0.254 e. The van der Waals surface area contributed by atoms with Gasteiger partial charge in [-0.1, -0.05) is 30.3 Å². The average molecular weight is 432 g/mol. The summed E-state index contributed by atoms with van der Waals surface area (Å²) in [6, 6.07) is 14.0. The summed E-state index contributed by atoms with van der Waals surface area (Å²) < 4.78 is 0. The topological polar surface area (TPSA) is 82.2 Å². The first-order chi connectivity index (χ1) is 15.6. The number of rotatable bonds is 6. The van der Waals surface area contributed by atoms with Crippen LogP contribution in [-0.4, -0.2) is 56.8 Å². The second-order valence-corrected chi connectivity index (χ2v) is 8.21. The van der Waals surface area contributed by atoms with Crippen LogP contribution in [0.25, 0.3) is 11.4 Å². The molecule has 1 aromatic carbocycles. The molecule has 1 amide bonds. The van der Waals surface area contributed by atoms with Crippen molar-refractivity contribution in [2.45, 2.75) is 32.7 Å². The van der Waals surface area contributed by atoms with E-state index in [4.69, 9.17) is 0 Å². The van der Waals surface area contributed by atoms with E-state index in [-0.39, 0.29) is 11.5 Å². The number of carbonyl (C=O) groups excluding carboxylic acids is 1. The molecule has 1 aliphatic heterocycles. The standard InChI is InChI=1S/C25H29N5O2/c1-19-22(25(32)28-24(27-19)21-10-12-26-13-11-21)8-9-23(31)30-15-5-14-29(16-17-30)18-20-6-3-2-4-7-20/h2-4,6-7,10-13H,5,8-9,14-18H2,1H3,(H,27,28,32). The summed E-state index contributed by atoms with van der Waals surface area (Å²) in [6.07, 6.45) is 5.01. The molecule has 4 rings (SSSR count). The van der Waals surface area contributed by atoms with Gasteiger partial charge < -0.3 is 9.88 Å². The van der Waals surface area contributed by atoms with Gasteiger partial charge in [-0.3, -0.25) is 19.5 Å². The van der Waals surface area contributed by atoms with Gasteiger partial charge in [-0.25, -0.2) is 4.98 Å². The summed E-state index contributed by atoms with van der Waals surface area (Å²) in [5, 5.41) is 0. The Morgan fingerprint density at radius 2 is 1.81 bits per heavy atom. The number of H-pyrrole nitrogens is 1. The molecule has 1 saturated heterocycles. The van der Waals surface area contributed by atoms with Crippen molar-refractivity contribution >= 4 is 5.91 Å². The lowest BCUT2D eigenvalue weighted by Gasteiger charge is -2.22. The molecule has 3 aromatic rings. The first-order valence-corrected chi connectivity index (χ1v) is 11.1. The highest BCUT2D eigenvalue weighted by molar-refractivity contribution is 5.76. The Morgan fingerprint density at radius 1 is 1.03 bits per heavy atom. The summed E-state index contributed by atoms with van der Waals surface area (Å²) in [6.45, 7) is 6.07. The predicted molar refractivity (Wildman–Crippen MR) is 124 cm³/mol. The van der Waals surface area contributed by atoms with Crippen LogP contribution in [0.15, 0.2) is 59.7 Å². The van der Waals surface area contributed by atoms with Gasteiger partial charge in [-0.05, 0) is 37.5 Å². The van der Waals surface area contributed by atoms with E-state index in [0.717, 1.165) is 44.7 Å². The lowest BCUT2D eigenvalue weighted by molar-refractivity contribution is -0.131. The third-order valence-corrected chi connectivity index (χ3v) is 5.96. The highest BCUT2D eigenvalue weighted by atomic mass is 16.2. The molecule has 7 nitrogen and oxygen atoms in total. The van der Waals surface area contributed by atoms with Crippen LogP contribution in [-0.2, 0) is 17.8 Å². The van der Waals surface area contributed by atoms with Crippen molar-refractivity contribution in [2.24, 2.45) is 0 Å². The van der Waals surface area contributed by atoms with Gasteiger partial charge in [0, 0.05) is 68.4 Å². The Bertz CT molecular complexity index is 1100. The molecular formula is C25H29N5O2. The molecule has 1 aliphatic rings.